The van der Waals surface area contributed by atoms with E-state index in [0.717, 1.165) is 5.56 Å². The summed E-state index contributed by atoms with van der Waals surface area (Å²) >= 11 is 0. The van der Waals surface area contributed by atoms with E-state index in [2.05, 4.69) is 20.7 Å². The predicted octanol–water partition coefficient (Wildman–Crippen LogP) is 2.01. The molecule has 8 nitrogen and oxygen atoms in total. The molecule has 174 valence electrons. The van der Waals surface area contributed by atoms with Crippen molar-refractivity contribution in [3.63, 3.8) is 0 Å². The SMILES string of the molecule is COC(=O)N[C@H](C(=O)N[C@@H](Cc1ccccc1)[C@@H](O)CNC(=O)CC(C)C)C(C)(C)C. The molecule has 0 unspecified atom stereocenters. The third kappa shape index (κ3) is 9.83. The molecule has 4 N–H and O–H groups in total. The smallest absolute Gasteiger partial charge is 0.407 e. The van der Waals surface area contributed by atoms with E-state index in [0.29, 0.717) is 12.8 Å². The van der Waals surface area contributed by atoms with Gasteiger partial charge in [-0.05, 0) is 23.3 Å². The summed E-state index contributed by atoms with van der Waals surface area (Å²) in [6.45, 7) is 9.35. The highest BCUT2D eigenvalue weighted by Crippen LogP contribution is 2.20. The number of methoxy groups -OCH3 is 1. The molecule has 0 aliphatic heterocycles. The number of aliphatic hydroxyl groups excluding tert-OH is 1. The van der Waals surface area contributed by atoms with Crippen molar-refractivity contribution in [3.05, 3.63) is 35.9 Å². The fourth-order valence-corrected chi connectivity index (χ4v) is 3.07. The van der Waals surface area contributed by atoms with Crippen LogP contribution in [0.5, 0.6) is 0 Å². The Morgan fingerprint density at radius 2 is 1.68 bits per heavy atom. The van der Waals surface area contributed by atoms with E-state index in [1.165, 1.54) is 7.11 Å². The Morgan fingerprint density at radius 1 is 1.06 bits per heavy atom. The molecule has 0 saturated heterocycles. The second-order valence-corrected chi connectivity index (χ2v) is 9.21. The van der Waals surface area contributed by atoms with E-state index < -0.39 is 35.6 Å². The van der Waals surface area contributed by atoms with Gasteiger partial charge >= 0.3 is 6.09 Å². The van der Waals surface area contributed by atoms with Gasteiger partial charge in [0.1, 0.15) is 6.04 Å². The average Bonchev–Trinajstić information content (AvgIpc) is 2.68. The summed E-state index contributed by atoms with van der Waals surface area (Å²) in [5.74, 6) is -0.390. The van der Waals surface area contributed by atoms with E-state index in [1.807, 2.05) is 65.0 Å². The van der Waals surface area contributed by atoms with Crippen LogP contribution in [0.15, 0.2) is 30.3 Å². The molecule has 8 heteroatoms. The Bertz CT molecular complexity index is 716. The normalized spacial score (nSPS) is 14.3. The number of carbonyl (C=O) groups excluding carboxylic acids is 3. The number of rotatable bonds is 10. The molecule has 0 heterocycles. The molecule has 0 radical (unpaired) electrons. The van der Waals surface area contributed by atoms with Gasteiger partial charge in [-0.25, -0.2) is 4.79 Å². The summed E-state index contributed by atoms with van der Waals surface area (Å²) in [6.07, 6.45) is -1.00. The molecule has 31 heavy (non-hydrogen) atoms. The molecule has 0 saturated carbocycles. The van der Waals surface area contributed by atoms with Gasteiger partial charge in [0.05, 0.1) is 19.3 Å². The van der Waals surface area contributed by atoms with E-state index in [9.17, 15) is 19.5 Å². The van der Waals surface area contributed by atoms with Crippen molar-refractivity contribution < 1.29 is 24.2 Å². The first kappa shape index (κ1) is 26.4. The maximum Gasteiger partial charge on any atom is 0.407 e. The van der Waals surface area contributed by atoms with E-state index in [1.54, 1.807) is 0 Å². The van der Waals surface area contributed by atoms with Gasteiger partial charge in [0.2, 0.25) is 11.8 Å². The molecule has 0 aliphatic rings. The predicted molar refractivity (Wildman–Crippen MR) is 119 cm³/mol. The van der Waals surface area contributed by atoms with Crippen LogP contribution in [0.25, 0.3) is 0 Å². The number of ether oxygens (including phenoxy) is 1. The minimum atomic E-state index is -1.01. The minimum Gasteiger partial charge on any atom is -0.453 e. The number of aliphatic hydroxyl groups is 1. The Morgan fingerprint density at radius 3 is 2.19 bits per heavy atom. The quantitative estimate of drug-likeness (QED) is 0.449. The van der Waals surface area contributed by atoms with Crippen LogP contribution in [0.4, 0.5) is 4.79 Å². The number of carbonyl (C=O) groups is 3. The first-order chi connectivity index (χ1) is 14.4. The van der Waals surface area contributed by atoms with Gasteiger partial charge in [0.25, 0.3) is 0 Å². The zero-order valence-corrected chi connectivity index (χ0v) is 19.4. The summed E-state index contributed by atoms with van der Waals surface area (Å²) in [5.41, 5.74) is 0.333. The average molecular weight is 436 g/mol. The van der Waals surface area contributed by atoms with Crippen molar-refractivity contribution in [1.29, 1.82) is 0 Å². The summed E-state index contributed by atoms with van der Waals surface area (Å²) in [4.78, 5) is 36.8. The number of alkyl carbamates (subject to hydrolysis) is 1. The van der Waals surface area contributed by atoms with Crippen LogP contribution in [0, 0.1) is 11.3 Å². The van der Waals surface area contributed by atoms with Crippen LogP contribution < -0.4 is 16.0 Å². The lowest BCUT2D eigenvalue weighted by molar-refractivity contribution is -0.127. The van der Waals surface area contributed by atoms with Gasteiger partial charge in [-0.1, -0.05) is 65.0 Å². The van der Waals surface area contributed by atoms with Crippen molar-refractivity contribution in [3.8, 4) is 0 Å². The maximum atomic E-state index is 13.1. The Hall–Kier alpha value is -2.61. The van der Waals surface area contributed by atoms with Gasteiger partial charge in [0, 0.05) is 13.0 Å². The summed E-state index contributed by atoms with van der Waals surface area (Å²) in [5, 5.41) is 18.9. The second kappa shape index (κ2) is 12.3. The highest BCUT2D eigenvalue weighted by molar-refractivity contribution is 5.86. The first-order valence-electron chi connectivity index (χ1n) is 10.6. The summed E-state index contributed by atoms with van der Waals surface area (Å²) in [6, 6.07) is 7.90. The van der Waals surface area contributed by atoms with Crippen LogP contribution in [-0.4, -0.2) is 54.9 Å². The molecule has 1 aromatic carbocycles. The topological polar surface area (TPSA) is 117 Å². The Kier molecular flexibility index (Phi) is 10.5. The van der Waals surface area contributed by atoms with Crippen molar-refractivity contribution >= 4 is 17.9 Å². The molecule has 1 rings (SSSR count). The van der Waals surface area contributed by atoms with Gasteiger partial charge in [-0.15, -0.1) is 0 Å². The standard InChI is InChI=1S/C23H37N3O5/c1-15(2)12-19(28)24-14-18(27)17(13-16-10-8-7-9-11-16)25-21(29)20(23(3,4)5)26-22(30)31-6/h7-11,15,17-18,20,27H,12-14H2,1-6H3,(H,24,28)(H,25,29)(H,26,30)/t17-,18-,20+/m0/s1. The van der Waals surface area contributed by atoms with E-state index >= 15 is 0 Å². The van der Waals surface area contributed by atoms with Crippen molar-refractivity contribution in [2.75, 3.05) is 13.7 Å². The third-order valence-electron chi connectivity index (χ3n) is 4.77. The number of hydrogen-bond donors (Lipinski definition) is 4. The second-order valence-electron chi connectivity index (χ2n) is 9.21. The van der Waals surface area contributed by atoms with Crippen LogP contribution >= 0.6 is 0 Å². The number of hydrogen-bond acceptors (Lipinski definition) is 5. The van der Waals surface area contributed by atoms with E-state index in [-0.39, 0.29) is 18.4 Å². The highest BCUT2D eigenvalue weighted by atomic mass is 16.5. The fraction of sp³-hybridized carbons (Fsp3) is 0.609. The fourth-order valence-electron chi connectivity index (χ4n) is 3.07. The molecule has 0 aromatic heterocycles. The lowest BCUT2D eigenvalue weighted by atomic mass is 9.85. The van der Waals surface area contributed by atoms with Crippen LogP contribution in [0.3, 0.4) is 0 Å². The maximum absolute atomic E-state index is 13.1. The zero-order chi connectivity index (χ0) is 23.6. The number of amides is 3. The molecular weight excluding hydrogens is 398 g/mol. The lowest BCUT2D eigenvalue weighted by Crippen LogP contribution is -2.58. The monoisotopic (exact) mass is 435 g/mol. The van der Waals surface area contributed by atoms with Crippen LogP contribution in [-0.2, 0) is 20.7 Å². The number of nitrogens with one attached hydrogen (secondary N) is 3. The molecule has 0 bridgehead atoms. The van der Waals surface area contributed by atoms with Crippen molar-refractivity contribution in [1.82, 2.24) is 16.0 Å². The molecule has 0 fully saturated rings. The minimum absolute atomic E-state index is 0.00789. The van der Waals surface area contributed by atoms with Crippen LogP contribution in [0.1, 0.15) is 46.6 Å². The van der Waals surface area contributed by atoms with Crippen molar-refractivity contribution in [2.45, 2.75) is 65.6 Å². The Labute approximate surface area is 185 Å². The van der Waals surface area contributed by atoms with Gasteiger partial charge < -0.3 is 25.8 Å². The molecule has 1 aromatic rings. The van der Waals surface area contributed by atoms with Gasteiger partial charge in [-0.3, -0.25) is 9.59 Å². The zero-order valence-electron chi connectivity index (χ0n) is 19.4. The van der Waals surface area contributed by atoms with Crippen molar-refractivity contribution in [2.24, 2.45) is 11.3 Å². The largest absolute Gasteiger partial charge is 0.453 e. The number of benzene rings is 1. The summed E-state index contributed by atoms with van der Waals surface area (Å²) in [7, 11) is 1.23. The molecule has 3 atom stereocenters. The van der Waals surface area contributed by atoms with Gasteiger partial charge in [0.15, 0.2) is 0 Å². The summed E-state index contributed by atoms with van der Waals surface area (Å²) < 4.78 is 4.64. The highest BCUT2D eigenvalue weighted by Gasteiger charge is 2.35. The molecule has 0 aliphatic carbocycles. The molecule has 3 amide bonds. The van der Waals surface area contributed by atoms with Crippen LogP contribution in [0.2, 0.25) is 0 Å². The molecular formula is C23H37N3O5. The van der Waals surface area contributed by atoms with Gasteiger partial charge in [-0.2, -0.15) is 0 Å². The first-order valence-corrected chi connectivity index (χ1v) is 10.6. The Balaban J connectivity index is 2.97. The van der Waals surface area contributed by atoms with E-state index in [4.69, 9.17) is 0 Å². The lowest BCUT2D eigenvalue weighted by Gasteiger charge is -2.33. The molecule has 0 spiro atoms. The third-order valence-corrected chi connectivity index (χ3v) is 4.77.